The Labute approximate surface area is 167 Å². The second kappa shape index (κ2) is 7.54. The van der Waals surface area contributed by atoms with Gasteiger partial charge in [0.15, 0.2) is 0 Å². The first-order chi connectivity index (χ1) is 13.4. The Bertz CT molecular complexity index is 1110. The number of thiophene rings is 1. The zero-order valence-electron chi connectivity index (χ0n) is 15.3. The van der Waals surface area contributed by atoms with Crippen LogP contribution in [0.3, 0.4) is 0 Å². The van der Waals surface area contributed by atoms with E-state index in [1.54, 1.807) is 41.3 Å². The molecule has 1 fully saturated rings. The molecule has 3 aromatic rings. The van der Waals surface area contributed by atoms with Crippen molar-refractivity contribution in [2.75, 3.05) is 31.0 Å². The zero-order valence-corrected chi connectivity index (χ0v) is 17.0. The molecule has 28 heavy (non-hydrogen) atoms. The minimum absolute atomic E-state index is 0.00807. The van der Waals surface area contributed by atoms with Crippen LogP contribution in [-0.2, 0) is 14.8 Å². The smallest absolute Gasteiger partial charge is 0.264 e. The maximum atomic E-state index is 12.7. The van der Waals surface area contributed by atoms with E-state index in [2.05, 4.69) is 4.72 Å². The molecule has 1 amide bonds. The molecule has 8 heteroatoms. The number of aryl methyl sites for hydroxylation is 1. The number of amides is 1. The summed E-state index contributed by atoms with van der Waals surface area (Å²) in [6.07, 6.45) is 0. The number of hydrogen-bond donors (Lipinski definition) is 1. The number of anilines is 1. The van der Waals surface area contributed by atoms with Gasteiger partial charge in [-0.05, 0) is 48.7 Å². The molecule has 4 rings (SSSR count). The fraction of sp³-hybridized carbons (Fsp3) is 0.250. The Kier molecular flexibility index (Phi) is 5.09. The van der Waals surface area contributed by atoms with Crippen molar-refractivity contribution in [3.63, 3.8) is 0 Å². The Morgan fingerprint density at radius 3 is 2.50 bits per heavy atom. The molecule has 0 saturated carbocycles. The topological polar surface area (TPSA) is 75.7 Å². The number of morpholine rings is 1. The molecule has 0 unspecified atom stereocenters. The highest BCUT2D eigenvalue weighted by atomic mass is 32.2. The predicted octanol–water partition coefficient (Wildman–Crippen LogP) is 3.48. The Morgan fingerprint density at radius 1 is 1.07 bits per heavy atom. The van der Waals surface area contributed by atoms with Crippen LogP contribution in [-0.4, -0.2) is 45.5 Å². The third-order valence-corrected chi connectivity index (χ3v) is 7.11. The number of benzene rings is 2. The van der Waals surface area contributed by atoms with E-state index in [9.17, 15) is 13.2 Å². The minimum Gasteiger partial charge on any atom is -0.378 e. The lowest BCUT2D eigenvalue weighted by atomic mass is 10.2. The van der Waals surface area contributed by atoms with E-state index < -0.39 is 10.0 Å². The molecule has 1 aromatic heterocycles. The summed E-state index contributed by atoms with van der Waals surface area (Å²) >= 11 is 1.41. The highest BCUT2D eigenvalue weighted by Gasteiger charge is 2.21. The average Bonchev–Trinajstić information content (AvgIpc) is 3.11. The molecular weight excluding hydrogens is 396 g/mol. The molecule has 0 radical (unpaired) electrons. The van der Waals surface area contributed by atoms with Crippen molar-refractivity contribution in [1.29, 1.82) is 0 Å². The van der Waals surface area contributed by atoms with Gasteiger partial charge in [-0.2, -0.15) is 0 Å². The van der Waals surface area contributed by atoms with Gasteiger partial charge in [0.25, 0.3) is 15.9 Å². The molecule has 146 valence electrons. The van der Waals surface area contributed by atoms with Crippen LogP contribution in [0.15, 0.2) is 53.4 Å². The first kappa shape index (κ1) is 18.9. The monoisotopic (exact) mass is 416 g/mol. The van der Waals surface area contributed by atoms with Gasteiger partial charge in [0.1, 0.15) is 0 Å². The summed E-state index contributed by atoms with van der Waals surface area (Å²) in [5.41, 5.74) is 1.47. The Hall–Kier alpha value is -2.42. The lowest BCUT2D eigenvalue weighted by Crippen LogP contribution is -2.40. The van der Waals surface area contributed by atoms with Gasteiger partial charge in [-0.3, -0.25) is 9.52 Å². The predicted molar refractivity (Wildman–Crippen MR) is 111 cm³/mol. The van der Waals surface area contributed by atoms with Gasteiger partial charge >= 0.3 is 0 Å². The third-order valence-electron chi connectivity index (χ3n) is 4.61. The summed E-state index contributed by atoms with van der Waals surface area (Å²) in [6, 6.07) is 13.8. The second-order valence-electron chi connectivity index (χ2n) is 6.69. The van der Waals surface area contributed by atoms with Crippen molar-refractivity contribution in [3.05, 3.63) is 59.0 Å². The summed E-state index contributed by atoms with van der Waals surface area (Å²) < 4.78 is 34.0. The molecule has 0 spiro atoms. The van der Waals surface area contributed by atoms with E-state index in [0.717, 1.165) is 15.6 Å². The summed E-state index contributed by atoms with van der Waals surface area (Å²) in [7, 11) is -3.66. The van der Waals surface area contributed by atoms with Crippen molar-refractivity contribution in [2.24, 2.45) is 0 Å². The van der Waals surface area contributed by atoms with Gasteiger partial charge in [-0.15, -0.1) is 11.3 Å². The number of fused-ring (bicyclic) bond motifs is 1. The molecule has 0 aliphatic carbocycles. The third kappa shape index (κ3) is 3.89. The van der Waals surface area contributed by atoms with Crippen LogP contribution in [0.4, 0.5) is 5.69 Å². The fourth-order valence-electron chi connectivity index (χ4n) is 3.07. The molecule has 1 N–H and O–H groups in total. The largest absolute Gasteiger partial charge is 0.378 e. The van der Waals surface area contributed by atoms with Gasteiger partial charge in [0.2, 0.25) is 0 Å². The van der Waals surface area contributed by atoms with Crippen molar-refractivity contribution in [3.8, 4) is 0 Å². The molecule has 1 saturated heterocycles. The first-order valence-electron chi connectivity index (χ1n) is 8.92. The van der Waals surface area contributed by atoms with Crippen LogP contribution in [0, 0.1) is 6.92 Å². The summed E-state index contributed by atoms with van der Waals surface area (Å²) in [5, 5.41) is 0.839. The van der Waals surface area contributed by atoms with E-state index in [4.69, 9.17) is 4.74 Å². The van der Waals surface area contributed by atoms with Crippen molar-refractivity contribution in [1.82, 2.24) is 4.90 Å². The lowest BCUT2D eigenvalue weighted by Gasteiger charge is -2.26. The minimum atomic E-state index is -3.66. The summed E-state index contributed by atoms with van der Waals surface area (Å²) in [5.74, 6) is -0.00807. The standard InChI is InChI=1S/C20H20N2O4S2/c1-14-2-5-17(6-3-14)28(24,25)21-16-4-7-18-15(12-16)13-19(27-18)20(23)22-8-10-26-11-9-22/h2-7,12-13,21H,8-11H2,1H3. The van der Waals surface area contributed by atoms with E-state index in [0.29, 0.717) is 36.9 Å². The van der Waals surface area contributed by atoms with Crippen LogP contribution < -0.4 is 4.72 Å². The number of sulfonamides is 1. The SMILES string of the molecule is Cc1ccc(S(=O)(=O)Nc2ccc3sc(C(=O)N4CCOCC4)cc3c2)cc1. The molecule has 2 aromatic carbocycles. The zero-order chi connectivity index (χ0) is 19.7. The normalized spacial score (nSPS) is 15.0. The van der Waals surface area contributed by atoms with Gasteiger partial charge < -0.3 is 9.64 Å². The number of hydrogen-bond acceptors (Lipinski definition) is 5. The average molecular weight is 417 g/mol. The van der Waals surface area contributed by atoms with E-state index in [1.165, 1.54) is 11.3 Å². The Morgan fingerprint density at radius 2 is 1.79 bits per heavy atom. The van der Waals surface area contributed by atoms with Crippen LogP contribution in [0.2, 0.25) is 0 Å². The van der Waals surface area contributed by atoms with Gasteiger partial charge in [0.05, 0.1) is 23.0 Å². The molecule has 2 heterocycles. The quantitative estimate of drug-likeness (QED) is 0.707. The number of rotatable bonds is 4. The van der Waals surface area contributed by atoms with Gasteiger partial charge in [-0.1, -0.05) is 17.7 Å². The van der Waals surface area contributed by atoms with E-state index in [-0.39, 0.29) is 10.8 Å². The summed E-state index contributed by atoms with van der Waals surface area (Å²) in [4.78, 5) is 15.3. The second-order valence-corrected chi connectivity index (χ2v) is 9.45. The van der Waals surface area contributed by atoms with Crippen molar-refractivity contribution in [2.45, 2.75) is 11.8 Å². The fourth-order valence-corrected chi connectivity index (χ4v) is 5.13. The molecule has 0 atom stereocenters. The van der Waals surface area contributed by atoms with Crippen LogP contribution in [0.25, 0.3) is 10.1 Å². The number of carbonyl (C=O) groups is 1. The van der Waals surface area contributed by atoms with Crippen LogP contribution >= 0.6 is 11.3 Å². The molecule has 1 aliphatic heterocycles. The van der Waals surface area contributed by atoms with Crippen LogP contribution in [0.5, 0.6) is 0 Å². The molecule has 0 bridgehead atoms. The highest BCUT2D eigenvalue weighted by Crippen LogP contribution is 2.30. The molecule has 1 aliphatic rings. The number of ether oxygens (including phenoxy) is 1. The van der Waals surface area contributed by atoms with E-state index >= 15 is 0 Å². The van der Waals surface area contributed by atoms with Crippen molar-refractivity contribution >= 4 is 43.0 Å². The maximum absolute atomic E-state index is 12.7. The Balaban J connectivity index is 1.57. The summed E-state index contributed by atoms with van der Waals surface area (Å²) in [6.45, 7) is 4.20. The van der Waals surface area contributed by atoms with Crippen LogP contribution in [0.1, 0.15) is 15.2 Å². The van der Waals surface area contributed by atoms with Gasteiger partial charge in [0, 0.05) is 23.5 Å². The van der Waals surface area contributed by atoms with E-state index in [1.807, 2.05) is 19.1 Å². The molecule has 6 nitrogen and oxygen atoms in total. The number of carbonyl (C=O) groups excluding carboxylic acids is 1. The lowest BCUT2D eigenvalue weighted by molar-refractivity contribution is 0.0306. The number of nitrogens with zero attached hydrogens (tertiary/aromatic N) is 1. The highest BCUT2D eigenvalue weighted by molar-refractivity contribution is 7.92. The van der Waals surface area contributed by atoms with Gasteiger partial charge in [-0.25, -0.2) is 8.42 Å². The molecular formula is C20H20N2O4S2. The first-order valence-corrected chi connectivity index (χ1v) is 11.2. The van der Waals surface area contributed by atoms with Crippen molar-refractivity contribution < 1.29 is 17.9 Å². The maximum Gasteiger partial charge on any atom is 0.264 e. The number of nitrogens with one attached hydrogen (secondary N) is 1.